The van der Waals surface area contributed by atoms with Gasteiger partial charge in [0.05, 0.1) is 7.11 Å². The number of allylic oxidation sites excluding steroid dienone is 1. The molecule has 0 fully saturated rings. The summed E-state index contributed by atoms with van der Waals surface area (Å²) in [6, 6.07) is 7.53. The Kier molecular flexibility index (Phi) is 5.58. The summed E-state index contributed by atoms with van der Waals surface area (Å²) in [6.45, 7) is 0. The van der Waals surface area contributed by atoms with Crippen LogP contribution in [-0.4, -0.2) is 24.2 Å². The lowest BCUT2D eigenvalue weighted by atomic mass is 10.1. The van der Waals surface area contributed by atoms with Crippen molar-refractivity contribution in [2.24, 2.45) is 5.92 Å². The topological polar surface area (TPSA) is 63.6 Å². The first-order valence-corrected chi connectivity index (χ1v) is 6.07. The largest absolute Gasteiger partial charge is 0.481 e. The number of esters is 1. The van der Waals surface area contributed by atoms with E-state index in [1.165, 1.54) is 7.11 Å². The Balaban J connectivity index is 2.71. The number of ether oxygens (including phenoxy) is 1. The minimum absolute atomic E-state index is 0.101. The Bertz CT molecular complexity index is 468. The van der Waals surface area contributed by atoms with Crippen molar-refractivity contribution in [3.05, 3.63) is 40.4 Å². The van der Waals surface area contributed by atoms with E-state index in [0.717, 1.165) is 10.0 Å². The van der Waals surface area contributed by atoms with E-state index in [1.54, 1.807) is 12.2 Å². The molecule has 4 nitrogen and oxygen atoms in total. The van der Waals surface area contributed by atoms with Crippen molar-refractivity contribution in [3.63, 3.8) is 0 Å². The van der Waals surface area contributed by atoms with Gasteiger partial charge >= 0.3 is 11.9 Å². The minimum atomic E-state index is -1.18. The van der Waals surface area contributed by atoms with Crippen molar-refractivity contribution < 1.29 is 19.4 Å². The molecule has 1 aromatic carbocycles. The number of carbonyl (C=O) groups is 2. The average Bonchev–Trinajstić information content (AvgIpc) is 2.35. The first-order chi connectivity index (χ1) is 8.56. The normalized spacial score (nSPS) is 12.3. The van der Waals surface area contributed by atoms with Gasteiger partial charge in [-0.2, -0.15) is 0 Å². The summed E-state index contributed by atoms with van der Waals surface area (Å²) < 4.78 is 5.35. The fourth-order valence-electron chi connectivity index (χ4n) is 1.38. The lowest BCUT2D eigenvalue weighted by molar-refractivity contribution is -0.156. The van der Waals surface area contributed by atoms with E-state index in [2.05, 4.69) is 20.7 Å². The zero-order valence-electron chi connectivity index (χ0n) is 9.80. The molecule has 0 amide bonds. The molecule has 0 bridgehead atoms. The molecule has 96 valence electrons. The van der Waals surface area contributed by atoms with Crippen LogP contribution in [0.4, 0.5) is 0 Å². The second-order valence-electron chi connectivity index (χ2n) is 3.57. The van der Waals surface area contributed by atoms with Crippen LogP contribution in [0.25, 0.3) is 6.08 Å². The molecular formula is C13H13BrO4. The van der Waals surface area contributed by atoms with Crippen LogP contribution in [0.5, 0.6) is 0 Å². The van der Waals surface area contributed by atoms with Crippen LogP contribution in [0.3, 0.4) is 0 Å². The molecule has 18 heavy (non-hydrogen) atoms. The number of hydrogen-bond acceptors (Lipinski definition) is 3. The van der Waals surface area contributed by atoms with Gasteiger partial charge in [0.2, 0.25) is 0 Å². The first-order valence-electron chi connectivity index (χ1n) is 5.28. The van der Waals surface area contributed by atoms with Gasteiger partial charge in [0, 0.05) is 4.47 Å². The summed E-state index contributed by atoms with van der Waals surface area (Å²) in [5.41, 5.74) is 0.923. The zero-order valence-corrected chi connectivity index (χ0v) is 11.4. The van der Waals surface area contributed by atoms with E-state index in [9.17, 15) is 9.59 Å². The van der Waals surface area contributed by atoms with Gasteiger partial charge in [0.25, 0.3) is 0 Å². The fraction of sp³-hybridized carbons (Fsp3) is 0.231. The highest BCUT2D eigenvalue weighted by molar-refractivity contribution is 9.10. The SMILES string of the molecule is COC(=O)C(C/C=C/c1ccccc1Br)C(=O)O. The maximum Gasteiger partial charge on any atom is 0.320 e. The van der Waals surface area contributed by atoms with Gasteiger partial charge in [0.15, 0.2) is 5.92 Å². The Morgan fingerprint density at radius 3 is 2.67 bits per heavy atom. The van der Waals surface area contributed by atoms with E-state index in [1.807, 2.05) is 24.3 Å². The number of carboxylic acid groups (broad SMARTS) is 1. The molecule has 1 rings (SSSR count). The van der Waals surface area contributed by atoms with Gasteiger partial charge in [-0.05, 0) is 18.1 Å². The van der Waals surface area contributed by atoms with Gasteiger partial charge in [-0.15, -0.1) is 0 Å². The average molecular weight is 313 g/mol. The predicted molar refractivity (Wildman–Crippen MR) is 70.9 cm³/mol. The minimum Gasteiger partial charge on any atom is -0.481 e. The van der Waals surface area contributed by atoms with Crippen LogP contribution in [0, 0.1) is 5.92 Å². The molecule has 0 saturated heterocycles. The van der Waals surface area contributed by atoms with Crippen molar-refractivity contribution >= 4 is 33.9 Å². The van der Waals surface area contributed by atoms with Gasteiger partial charge in [0.1, 0.15) is 0 Å². The summed E-state index contributed by atoms with van der Waals surface area (Å²) in [5.74, 6) is -3.08. The highest BCUT2D eigenvalue weighted by atomic mass is 79.9. The van der Waals surface area contributed by atoms with E-state index in [-0.39, 0.29) is 6.42 Å². The van der Waals surface area contributed by atoms with Crippen molar-refractivity contribution in [3.8, 4) is 0 Å². The number of halogens is 1. The third kappa shape index (κ3) is 4.00. The first kappa shape index (κ1) is 14.4. The van der Waals surface area contributed by atoms with Crippen molar-refractivity contribution in [1.82, 2.24) is 0 Å². The highest BCUT2D eigenvalue weighted by Gasteiger charge is 2.25. The van der Waals surface area contributed by atoms with E-state index < -0.39 is 17.9 Å². The molecule has 0 aliphatic heterocycles. The maximum absolute atomic E-state index is 11.2. The Morgan fingerprint density at radius 1 is 1.44 bits per heavy atom. The quantitative estimate of drug-likeness (QED) is 0.670. The fourth-order valence-corrected chi connectivity index (χ4v) is 1.80. The van der Waals surface area contributed by atoms with Crippen LogP contribution in [0.2, 0.25) is 0 Å². The third-order valence-corrected chi connectivity index (χ3v) is 3.08. The molecule has 0 aliphatic rings. The zero-order chi connectivity index (χ0) is 13.5. The monoisotopic (exact) mass is 312 g/mol. The number of benzene rings is 1. The molecule has 1 N–H and O–H groups in total. The van der Waals surface area contributed by atoms with Gasteiger partial charge < -0.3 is 9.84 Å². The van der Waals surface area contributed by atoms with Gasteiger partial charge in [-0.1, -0.05) is 46.3 Å². The number of aliphatic carboxylic acids is 1. The lowest BCUT2D eigenvalue weighted by Gasteiger charge is -2.06. The number of hydrogen-bond donors (Lipinski definition) is 1. The molecule has 0 saturated carbocycles. The molecule has 0 aromatic heterocycles. The standard InChI is InChI=1S/C13H13BrO4/c1-18-13(17)10(12(15)16)7-4-6-9-5-2-3-8-11(9)14/h2-6,8,10H,7H2,1H3,(H,15,16)/b6-4+. The Morgan fingerprint density at radius 2 is 2.11 bits per heavy atom. The van der Waals surface area contributed by atoms with E-state index >= 15 is 0 Å². The van der Waals surface area contributed by atoms with E-state index in [0.29, 0.717) is 0 Å². The number of rotatable bonds is 5. The second kappa shape index (κ2) is 6.96. The lowest BCUT2D eigenvalue weighted by Crippen LogP contribution is -2.24. The summed E-state index contributed by atoms with van der Waals surface area (Å²) in [4.78, 5) is 22.1. The molecule has 5 heteroatoms. The smallest absolute Gasteiger partial charge is 0.320 e. The molecular weight excluding hydrogens is 300 g/mol. The molecule has 1 unspecified atom stereocenters. The highest BCUT2D eigenvalue weighted by Crippen LogP contribution is 2.18. The molecule has 0 radical (unpaired) electrons. The van der Waals surface area contributed by atoms with Crippen molar-refractivity contribution in [2.75, 3.05) is 7.11 Å². The van der Waals surface area contributed by atoms with Crippen LogP contribution < -0.4 is 0 Å². The van der Waals surface area contributed by atoms with Crippen LogP contribution in [-0.2, 0) is 14.3 Å². The number of carboxylic acids is 1. The molecule has 1 aromatic rings. The van der Waals surface area contributed by atoms with Crippen molar-refractivity contribution in [1.29, 1.82) is 0 Å². The maximum atomic E-state index is 11.2. The van der Waals surface area contributed by atoms with E-state index in [4.69, 9.17) is 5.11 Å². The Hall–Kier alpha value is -1.62. The predicted octanol–water partition coefficient (Wildman–Crippen LogP) is 2.73. The van der Waals surface area contributed by atoms with Crippen LogP contribution in [0.1, 0.15) is 12.0 Å². The second-order valence-corrected chi connectivity index (χ2v) is 4.43. The number of carbonyl (C=O) groups excluding carboxylic acids is 1. The van der Waals surface area contributed by atoms with Crippen LogP contribution >= 0.6 is 15.9 Å². The summed E-state index contributed by atoms with van der Waals surface area (Å²) >= 11 is 3.38. The summed E-state index contributed by atoms with van der Waals surface area (Å²) in [7, 11) is 1.18. The molecule has 1 atom stereocenters. The van der Waals surface area contributed by atoms with Gasteiger partial charge in [-0.3, -0.25) is 9.59 Å². The summed E-state index contributed by atoms with van der Waals surface area (Å²) in [6.07, 6.45) is 3.52. The molecule has 0 spiro atoms. The molecule has 0 aliphatic carbocycles. The van der Waals surface area contributed by atoms with Crippen molar-refractivity contribution in [2.45, 2.75) is 6.42 Å². The van der Waals surface area contributed by atoms with Crippen LogP contribution in [0.15, 0.2) is 34.8 Å². The number of methoxy groups -OCH3 is 1. The van der Waals surface area contributed by atoms with Gasteiger partial charge in [-0.25, -0.2) is 0 Å². The summed E-state index contributed by atoms with van der Waals surface area (Å²) in [5, 5.41) is 8.88. The molecule has 0 heterocycles. The Labute approximate surface area is 113 Å². The third-order valence-electron chi connectivity index (χ3n) is 2.36.